The fourth-order valence-corrected chi connectivity index (χ4v) is 3.08. The van der Waals surface area contributed by atoms with Gasteiger partial charge in [-0.1, -0.05) is 0 Å². The molecule has 0 aromatic heterocycles. The topological polar surface area (TPSA) is 58.6 Å². The lowest BCUT2D eigenvalue weighted by Crippen LogP contribution is -2.46. The number of aliphatic hydroxyl groups excluding tert-OH is 1. The number of carbonyl (C=O) groups is 1. The molecule has 1 saturated carbocycles. The Balaban J connectivity index is 2.13. The molecule has 1 heterocycles. The zero-order valence-corrected chi connectivity index (χ0v) is 12.7. The van der Waals surface area contributed by atoms with Crippen LogP contribution in [0.5, 0.6) is 0 Å². The molecule has 19 heavy (non-hydrogen) atoms. The van der Waals surface area contributed by atoms with E-state index in [9.17, 15) is 9.90 Å². The van der Waals surface area contributed by atoms with Crippen molar-refractivity contribution < 1.29 is 14.6 Å². The molecule has 1 saturated heterocycles. The van der Waals surface area contributed by atoms with Crippen molar-refractivity contribution in [2.24, 2.45) is 17.8 Å². The summed E-state index contributed by atoms with van der Waals surface area (Å²) in [6.45, 7) is 10.4. The summed E-state index contributed by atoms with van der Waals surface area (Å²) in [6, 6.07) is 0. The molecule has 0 spiro atoms. The van der Waals surface area contributed by atoms with Crippen LogP contribution in [-0.2, 0) is 9.53 Å². The summed E-state index contributed by atoms with van der Waals surface area (Å²) in [6.07, 6.45) is 1.78. The zero-order valence-electron chi connectivity index (χ0n) is 12.7. The molecular weight excluding hydrogens is 242 g/mol. The Morgan fingerprint density at radius 1 is 1.37 bits per heavy atom. The molecule has 4 nitrogen and oxygen atoms in total. The number of aliphatic hydroxyl groups is 1. The van der Waals surface area contributed by atoms with Crippen LogP contribution in [0.4, 0.5) is 0 Å². The summed E-state index contributed by atoms with van der Waals surface area (Å²) in [5.74, 6) is -0.113. The summed E-state index contributed by atoms with van der Waals surface area (Å²) in [7, 11) is 0. The minimum atomic E-state index is -0.481. The highest BCUT2D eigenvalue weighted by molar-refractivity contribution is 5.75. The second-order valence-electron chi connectivity index (χ2n) is 7.61. The molecule has 3 atom stereocenters. The Morgan fingerprint density at radius 3 is 2.42 bits per heavy atom. The predicted molar refractivity (Wildman–Crippen MR) is 73.6 cm³/mol. The van der Waals surface area contributed by atoms with Crippen molar-refractivity contribution in [2.75, 3.05) is 6.54 Å². The van der Waals surface area contributed by atoms with Gasteiger partial charge < -0.3 is 15.2 Å². The van der Waals surface area contributed by atoms with E-state index in [4.69, 9.17) is 4.74 Å². The molecule has 2 fully saturated rings. The van der Waals surface area contributed by atoms with Crippen molar-refractivity contribution in [1.29, 1.82) is 0 Å². The minimum Gasteiger partial charge on any atom is -0.460 e. The first-order chi connectivity index (χ1) is 8.62. The minimum absolute atomic E-state index is 0.0302. The summed E-state index contributed by atoms with van der Waals surface area (Å²) in [5.41, 5.74) is -0.798. The van der Waals surface area contributed by atoms with Gasteiger partial charge in [0.05, 0.1) is 12.0 Å². The molecule has 2 unspecified atom stereocenters. The number of hydrogen-bond acceptors (Lipinski definition) is 4. The van der Waals surface area contributed by atoms with Crippen LogP contribution in [0.15, 0.2) is 0 Å². The second kappa shape index (κ2) is 4.74. The molecule has 2 N–H and O–H groups in total. The maximum Gasteiger partial charge on any atom is 0.311 e. The molecule has 2 rings (SSSR count). The largest absolute Gasteiger partial charge is 0.460 e. The molecule has 2 aliphatic rings. The van der Waals surface area contributed by atoms with Crippen LogP contribution < -0.4 is 5.32 Å². The lowest BCUT2D eigenvalue weighted by Gasteiger charge is -2.32. The van der Waals surface area contributed by atoms with Gasteiger partial charge in [-0.05, 0) is 53.4 Å². The van der Waals surface area contributed by atoms with Crippen molar-refractivity contribution >= 4 is 5.97 Å². The van der Waals surface area contributed by atoms with Gasteiger partial charge in [0.15, 0.2) is 0 Å². The molecule has 0 aromatic rings. The van der Waals surface area contributed by atoms with Crippen LogP contribution in [-0.4, -0.2) is 34.9 Å². The second-order valence-corrected chi connectivity index (χ2v) is 7.61. The lowest BCUT2D eigenvalue weighted by atomic mass is 9.79. The van der Waals surface area contributed by atoms with Gasteiger partial charge in [-0.15, -0.1) is 0 Å². The number of hydrogen-bond donors (Lipinski definition) is 2. The Hall–Kier alpha value is -0.610. The highest BCUT2D eigenvalue weighted by Gasteiger charge is 2.52. The van der Waals surface area contributed by atoms with Crippen LogP contribution in [0.1, 0.15) is 47.5 Å². The third-order valence-electron chi connectivity index (χ3n) is 4.20. The van der Waals surface area contributed by atoms with E-state index in [1.54, 1.807) is 0 Å². The predicted octanol–water partition coefficient (Wildman–Crippen LogP) is 1.71. The van der Waals surface area contributed by atoms with Gasteiger partial charge in [-0.2, -0.15) is 0 Å². The van der Waals surface area contributed by atoms with E-state index in [0.29, 0.717) is 12.5 Å². The van der Waals surface area contributed by atoms with Gasteiger partial charge >= 0.3 is 5.97 Å². The molecule has 110 valence electrons. The van der Waals surface area contributed by atoms with E-state index in [2.05, 4.69) is 5.32 Å². The maximum atomic E-state index is 12.5. The van der Waals surface area contributed by atoms with Gasteiger partial charge in [-0.3, -0.25) is 4.79 Å². The van der Waals surface area contributed by atoms with Crippen LogP contribution >= 0.6 is 0 Å². The van der Waals surface area contributed by atoms with Crippen molar-refractivity contribution in [3.8, 4) is 0 Å². The summed E-state index contributed by atoms with van der Waals surface area (Å²) in [5, 5.41) is 13.8. The Kier molecular flexibility index (Phi) is 3.69. The number of rotatable bonds is 3. The highest BCUT2D eigenvalue weighted by atomic mass is 16.6. The number of carbonyl (C=O) groups excluding carboxylic acids is 1. The Bertz CT molecular complexity index is 355. The van der Waals surface area contributed by atoms with Crippen molar-refractivity contribution in [1.82, 2.24) is 5.32 Å². The van der Waals surface area contributed by atoms with Gasteiger partial charge in [-0.25, -0.2) is 0 Å². The fourth-order valence-electron chi connectivity index (χ4n) is 3.08. The van der Waals surface area contributed by atoms with Gasteiger partial charge in [0.25, 0.3) is 0 Å². The zero-order chi connectivity index (χ0) is 14.4. The van der Waals surface area contributed by atoms with E-state index < -0.39 is 5.60 Å². The normalized spacial score (nSPS) is 32.1. The standard InChI is InChI=1S/C15H27NO3/c1-14(2,3)19-13(18)11-10(8-16-15(11,4)5)12(17)9-6-7-9/h9-12,16-17H,6-8H2,1-5H3/t10-,11?,12?/m1/s1. The monoisotopic (exact) mass is 269 g/mol. The quantitative estimate of drug-likeness (QED) is 0.766. The van der Waals surface area contributed by atoms with Gasteiger partial charge in [0.1, 0.15) is 5.60 Å². The van der Waals surface area contributed by atoms with Gasteiger partial charge in [0.2, 0.25) is 0 Å². The van der Waals surface area contributed by atoms with Crippen LogP contribution in [0, 0.1) is 17.8 Å². The molecule has 1 aliphatic heterocycles. The molecule has 0 amide bonds. The molecule has 0 bridgehead atoms. The van der Waals surface area contributed by atoms with Crippen LogP contribution in [0.25, 0.3) is 0 Å². The SMILES string of the molecule is CC(C)(C)OC(=O)C1[C@H](C(O)C2CC2)CNC1(C)C. The summed E-state index contributed by atoms with van der Waals surface area (Å²) >= 11 is 0. The first kappa shape index (κ1) is 14.8. The maximum absolute atomic E-state index is 12.5. The summed E-state index contributed by atoms with van der Waals surface area (Å²) < 4.78 is 5.55. The third-order valence-corrected chi connectivity index (χ3v) is 4.20. The van der Waals surface area contributed by atoms with E-state index in [1.165, 1.54) is 0 Å². The van der Waals surface area contributed by atoms with Gasteiger partial charge in [0, 0.05) is 18.0 Å². The number of ether oxygens (including phenoxy) is 1. The molecule has 0 aromatic carbocycles. The summed E-state index contributed by atoms with van der Waals surface area (Å²) in [4.78, 5) is 12.5. The smallest absolute Gasteiger partial charge is 0.311 e. The lowest BCUT2D eigenvalue weighted by molar-refractivity contribution is -0.165. The molecular formula is C15H27NO3. The average Bonchev–Trinajstić information content (AvgIpc) is 2.99. The third kappa shape index (κ3) is 3.29. The Morgan fingerprint density at radius 2 is 1.95 bits per heavy atom. The fraction of sp³-hybridized carbons (Fsp3) is 0.933. The van der Waals surface area contributed by atoms with E-state index in [1.807, 2.05) is 34.6 Å². The van der Waals surface area contributed by atoms with Crippen molar-refractivity contribution in [3.05, 3.63) is 0 Å². The molecule has 0 radical (unpaired) electrons. The molecule has 1 aliphatic carbocycles. The van der Waals surface area contributed by atoms with Crippen molar-refractivity contribution in [3.63, 3.8) is 0 Å². The van der Waals surface area contributed by atoms with E-state index in [-0.39, 0.29) is 29.4 Å². The number of esters is 1. The van der Waals surface area contributed by atoms with Crippen LogP contribution in [0.2, 0.25) is 0 Å². The average molecular weight is 269 g/mol. The first-order valence-electron chi connectivity index (χ1n) is 7.28. The first-order valence-corrected chi connectivity index (χ1v) is 7.28. The Labute approximate surface area is 115 Å². The van der Waals surface area contributed by atoms with E-state index in [0.717, 1.165) is 12.8 Å². The number of nitrogens with one attached hydrogen (secondary N) is 1. The molecule has 4 heteroatoms. The van der Waals surface area contributed by atoms with E-state index >= 15 is 0 Å². The highest BCUT2D eigenvalue weighted by Crippen LogP contribution is 2.43. The van der Waals surface area contributed by atoms with Crippen LogP contribution in [0.3, 0.4) is 0 Å². The van der Waals surface area contributed by atoms with Crippen molar-refractivity contribution in [2.45, 2.75) is 64.7 Å².